The Labute approximate surface area is 181 Å². The van der Waals surface area contributed by atoms with E-state index < -0.39 is 30.1 Å². The molecule has 1 aliphatic rings. The number of rotatable bonds is 8. The molecule has 2 amide bonds. The molecule has 3 rings (SSSR count). The van der Waals surface area contributed by atoms with E-state index in [0.29, 0.717) is 0 Å². The number of carbonyl (C=O) groups is 3. The van der Waals surface area contributed by atoms with Crippen LogP contribution in [0, 0.1) is 5.92 Å². The Kier molecular flexibility index (Phi) is 6.95. The van der Waals surface area contributed by atoms with Crippen molar-refractivity contribution in [3.8, 4) is 11.1 Å². The third kappa shape index (κ3) is 5.23. The van der Waals surface area contributed by atoms with E-state index in [1.165, 1.54) is 0 Å². The van der Waals surface area contributed by atoms with Gasteiger partial charge >= 0.3 is 12.1 Å². The van der Waals surface area contributed by atoms with Crippen LogP contribution in [0.1, 0.15) is 44.2 Å². The zero-order chi connectivity index (χ0) is 22.5. The molecule has 2 aromatic rings. The fourth-order valence-corrected chi connectivity index (χ4v) is 3.87. The number of aliphatic carboxylic acids is 1. The minimum Gasteiger partial charge on any atom is -0.481 e. The second-order valence-electron chi connectivity index (χ2n) is 8.05. The molecule has 164 valence electrons. The first kappa shape index (κ1) is 22.3. The van der Waals surface area contributed by atoms with Gasteiger partial charge in [-0.1, -0.05) is 55.5 Å². The molecule has 0 heterocycles. The van der Waals surface area contributed by atoms with Crippen LogP contribution >= 0.6 is 0 Å². The first-order valence-electron chi connectivity index (χ1n) is 10.4. The number of hydrogen-bond acceptors (Lipinski definition) is 4. The lowest BCUT2D eigenvalue weighted by atomic mass is 9.98. The van der Waals surface area contributed by atoms with Gasteiger partial charge in [-0.3, -0.25) is 9.59 Å². The largest absolute Gasteiger partial charge is 0.481 e. The van der Waals surface area contributed by atoms with Crippen LogP contribution in [0.15, 0.2) is 48.5 Å². The Bertz CT molecular complexity index is 928. The van der Waals surface area contributed by atoms with Crippen LogP contribution in [0.3, 0.4) is 0 Å². The quantitative estimate of drug-likeness (QED) is 0.601. The number of amides is 2. The molecule has 0 aliphatic heterocycles. The zero-order valence-electron chi connectivity index (χ0n) is 17.9. The van der Waals surface area contributed by atoms with E-state index in [2.05, 4.69) is 34.9 Å². The number of alkyl carbamates (subject to hydrolysis) is 1. The number of nitrogens with one attached hydrogen (secondary N) is 2. The lowest BCUT2D eigenvalue weighted by molar-refractivity contribution is -0.137. The highest BCUT2D eigenvalue weighted by Crippen LogP contribution is 2.44. The minimum absolute atomic E-state index is 0.0361. The fourth-order valence-electron chi connectivity index (χ4n) is 3.87. The van der Waals surface area contributed by atoms with Crippen molar-refractivity contribution in [2.45, 2.75) is 45.2 Å². The van der Waals surface area contributed by atoms with Crippen molar-refractivity contribution in [3.05, 3.63) is 59.7 Å². The van der Waals surface area contributed by atoms with E-state index in [4.69, 9.17) is 9.84 Å². The Morgan fingerprint density at radius 2 is 1.48 bits per heavy atom. The van der Waals surface area contributed by atoms with Gasteiger partial charge in [0.25, 0.3) is 0 Å². The number of ether oxygens (including phenoxy) is 1. The van der Waals surface area contributed by atoms with Crippen LogP contribution in [0.4, 0.5) is 4.79 Å². The summed E-state index contributed by atoms with van der Waals surface area (Å²) < 4.78 is 5.51. The molecule has 0 radical (unpaired) electrons. The van der Waals surface area contributed by atoms with Gasteiger partial charge < -0.3 is 20.5 Å². The molecule has 2 aromatic carbocycles. The van der Waals surface area contributed by atoms with Crippen LogP contribution in [0.5, 0.6) is 0 Å². The van der Waals surface area contributed by atoms with Crippen LogP contribution in [0.25, 0.3) is 11.1 Å². The van der Waals surface area contributed by atoms with E-state index >= 15 is 0 Å². The molecular formula is C24H28N2O5. The molecule has 0 saturated heterocycles. The number of carboxylic acid groups (broad SMARTS) is 1. The van der Waals surface area contributed by atoms with E-state index in [0.717, 1.165) is 22.3 Å². The molecule has 2 unspecified atom stereocenters. The number of fused-ring (bicyclic) bond motifs is 3. The molecular weight excluding hydrogens is 396 g/mol. The Hall–Kier alpha value is -3.35. The highest BCUT2D eigenvalue weighted by molar-refractivity contribution is 5.81. The first-order valence-corrected chi connectivity index (χ1v) is 10.4. The van der Waals surface area contributed by atoms with Crippen molar-refractivity contribution in [1.29, 1.82) is 0 Å². The fraction of sp³-hybridized carbons (Fsp3) is 0.375. The molecule has 0 fully saturated rings. The van der Waals surface area contributed by atoms with Gasteiger partial charge in [0.15, 0.2) is 0 Å². The van der Waals surface area contributed by atoms with Gasteiger partial charge in [-0.2, -0.15) is 0 Å². The smallest absolute Gasteiger partial charge is 0.407 e. The monoisotopic (exact) mass is 424 g/mol. The van der Waals surface area contributed by atoms with Gasteiger partial charge in [-0.05, 0) is 36.1 Å². The lowest BCUT2D eigenvalue weighted by Crippen LogP contribution is -2.46. The summed E-state index contributed by atoms with van der Waals surface area (Å²) in [6, 6.07) is 15.2. The van der Waals surface area contributed by atoms with E-state index in [9.17, 15) is 14.4 Å². The molecule has 3 N–H and O–H groups in total. The standard InChI is InChI=1S/C24H28N2O5/c1-14(12-22(27)28)25-23(29)15(2)16(3)26-24(30)31-13-21-19-10-6-4-8-17(19)18-9-5-7-11-20(18)21/h4-11,14-16,21H,12-13H2,1-3H3,(H,25,29)(H,26,30)(H,27,28)/t14-,15?,16?/m0/s1. The summed E-state index contributed by atoms with van der Waals surface area (Å²) in [4.78, 5) is 35.4. The van der Waals surface area contributed by atoms with Crippen LogP contribution in [0.2, 0.25) is 0 Å². The minimum atomic E-state index is -0.981. The van der Waals surface area contributed by atoms with Crippen molar-refractivity contribution in [1.82, 2.24) is 10.6 Å². The highest BCUT2D eigenvalue weighted by atomic mass is 16.5. The maximum Gasteiger partial charge on any atom is 0.407 e. The average molecular weight is 424 g/mol. The van der Waals surface area contributed by atoms with Crippen molar-refractivity contribution < 1.29 is 24.2 Å². The van der Waals surface area contributed by atoms with Crippen LogP contribution in [-0.4, -0.2) is 41.8 Å². The molecule has 0 aromatic heterocycles. The molecule has 0 spiro atoms. The maximum absolute atomic E-state index is 12.4. The van der Waals surface area contributed by atoms with Crippen molar-refractivity contribution in [2.24, 2.45) is 5.92 Å². The molecule has 7 nitrogen and oxygen atoms in total. The molecule has 1 aliphatic carbocycles. The molecule has 7 heteroatoms. The summed E-state index contributed by atoms with van der Waals surface area (Å²) >= 11 is 0. The summed E-state index contributed by atoms with van der Waals surface area (Å²) in [5, 5.41) is 14.2. The van der Waals surface area contributed by atoms with Gasteiger partial charge in [0, 0.05) is 18.0 Å². The summed E-state index contributed by atoms with van der Waals surface area (Å²) in [7, 11) is 0. The normalized spacial score (nSPS) is 15.2. The van der Waals surface area contributed by atoms with E-state index in [-0.39, 0.29) is 24.9 Å². The molecule has 0 bridgehead atoms. The summed E-state index contributed by atoms with van der Waals surface area (Å²) in [5.74, 6) is -1.88. The Morgan fingerprint density at radius 3 is 2.03 bits per heavy atom. The van der Waals surface area contributed by atoms with Gasteiger partial charge in [-0.15, -0.1) is 0 Å². The predicted octanol–water partition coefficient (Wildman–Crippen LogP) is 3.53. The maximum atomic E-state index is 12.4. The Morgan fingerprint density at radius 1 is 0.935 bits per heavy atom. The summed E-state index contributed by atoms with van der Waals surface area (Å²) in [6.07, 6.45) is -0.750. The number of carbonyl (C=O) groups excluding carboxylic acids is 2. The third-order valence-corrected chi connectivity index (χ3v) is 5.72. The van der Waals surface area contributed by atoms with Crippen molar-refractivity contribution in [2.75, 3.05) is 6.61 Å². The molecule has 0 saturated carbocycles. The molecule has 31 heavy (non-hydrogen) atoms. The Balaban J connectivity index is 1.55. The van der Waals surface area contributed by atoms with Crippen LogP contribution in [-0.2, 0) is 14.3 Å². The number of benzene rings is 2. The average Bonchev–Trinajstić information content (AvgIpc) is 3.04. The van der Waals surface area contributed by atoms with Crippen LogP contribution < -0.4 is 10.6 Å². The van der Waals surface area contributed by atoms with Gasteiger partial charge in [0.1, 0.15) is 6.61 Å². The van der Waals surface area contributed by atoms with Gasteiger partial charge in [-0.25, -0.2) is 4.79 Å². The van der Waals surface area contributed by atoms with Gasteiger partial charge in [0.05, 0.1) is 12.3 Å². The van der Waals surface area contributed by atoms with Gasteiger partial charge in [0.2, 0.25) is 5.91 Å². The van der Waals surface area contributed by atoms with Crippen molar-refractivity contribution >= 4 is 18.0 Å². The lowest BCUT2D eigenvalue weighted by Gasteiger charge is -2.23. The molecule has 3 atom stereocenters. The third-order valence-electron chi connectivity index (χ3n) is 5.72. The second-order valence-corrected chi connectivity index (χ2v) is 8.05. The van der Waals surface area contributed by atoms with E-state index in [1.807, 2.05) is 24.3 Å². The predicted molar refractivity (Wildman–Crippen MR) is 117 cm³/mol. The summed E-state index contributed by atoms with van der Waals surface area (Å²) in [6.45, 7) is 5.22. The first-order chi connectivity index (χ1) is 14.8. The SMILES string of the molecule is CC(NC(=O)OCC1c2ccccc2-c2ccccc21)C(C)C(=O)N[C@@H](C)CC(=O)O. The summed E-state index contributed by atoms with van der Waals surface area (Å²) in [5.41, 5.74) is 4.57. The van der Waals surface area contributed by atoms with E-state index in [1.54, 1.807) is 20.8 Å². The zero-order valence-corrected chi connectivity index (χ0v) is 17.9. The highest BCUT2D eigenvalue weighted by Gasteiger charge is 2.30. The number of hydrogen-bond donors (Lipinski definition) is 3. The second kappa shape index (κ2) is 9.64. The topological polar surface area (TPSA) is 105 Å². The number of carboxylic acids is 1. The van der Waals surface area contributed by atoms with Crippen molar-refractivity contribution in [3.63, 3.8) is 0 Å².